The zero-order chi connectivity index (χ0) is 23.1. The average Bonchev–Trinajstić information content (AvgIpc) is 3.25. The van der Waals surface area contributed by atoms with Crippen molar-refractivity contribution in [3.05, 3.63) is 30.6 Å². The van der Waals surface area contributed by atoms with Gasteiger partial charge >= 0.3 is 6.09 Å². The number of amides is 3. The summed E-state index contributed by atoms with van der Waals surface area (Å²) in [5, 5.41) is 7.34. The van der Waals surface area contributed by atoms with Gasteiger partial charge in [0.15, 0.2) is 0 Å². The number of nitrogens with one attached hydrogen (secondary N) is 1. The van der Waals surface area contributed by atoms with Crippen molar-refractivity contribution >= 4 is 29.3 Å². The molecule has 0 bridgehead atoms. The van der Waals surface area contributed by atoms with Crippen molar-refractivity contribution in [3.8, 4) is 11.1 Å². The van der Waals surface area contributed by atoms with E-state index < -0.39 is 0 Å². The van der Waals surface area contributed by atoms with E-state index in [1.807, 2.05) is 36.0 Å². The van der Waals surface area contributed by atoms with Gasteiger partial charge in [-0.05, 0) is 50.3 Å². The van der Waals surface area contributed by atoms with Gasteiger partial charge in [0, 0.05) is 38.2 Å². The molecule has 1 saturated carbocycles. The molecule has 5 rings (SSSR count). The van der Waals surface area contributed by atoms with Crippen molar-refractivity contribution in [3.63, 3.8) is 0 Å². The maximum atomic E-state index is 13.0. The van der Waals surface area contributed by atoms with Gasteiger partial charge in [-0.2, -0.15) is 5.10 Å². The molecule has 3 amide bonds. The predicted molar refractivity (Wildman–Crippen MR) is 123 cm³/mol. The van der Waals surface area contributed by atoms with Crippen LogP contribution in [0, 0.1) is 0 Å². The molecule has 2 aliphatic heterocycles. The molecular weight excluding hydrogens is 422 g/mol. The number of rotatable bonds is 3. The lowest BCUT2D eigenvalue weighted by Crippen LogP contribution is -2.52. The van der Waals surface area contributed by atoms with Crippen molar-refractivity contribution in [2.75, 3.05) is 22.9 Å². The molecule has 2 fully saturated rings. The van der Waals surface area contributed by atoms with Crippen LogP contribution in [0.25, 0.3) is 11.1 Å². The van der Waals surface area contributed by atoms with Crippen LogP contribution >= 0.6 is 0 Å². The number of carbonyl (C=O) groups is 3. The number of ether oxygens (including phenoxy) is 1. The molecule has 174 valence electrons. The van der Waals surface area contributed by atoms with Crippen LogP contribution in [0.4, 0.5) is 16.2 Å². The number of benzene rings is 1. The summed E-state index contributed by atoms with van der Waals surface area (Å²) in [6.07, 6.45) is 7.48. The van der Waals surface area contributed by atoms with Crippen LogP contribution in [-0.2, 0) is 14.3 Å². The highest BCUT2D eigenvalue weighted by Gasteiger charge is 2.36. The first-order chi connectivity index (χ1) is 15.9. The lowest BCUT2D eigenvalue weighted by atomic mass is 9.96. The molecule has 0 spiro atoms. The molecule has 33 heavy (non-hydrogen) atoms. The Morgan fingerprint density at radius 2 is 1.97 bits per heavy atom. The molecule has 3 aliphatic rings. The molecule has 9 heteroatoms. The number of anilines is 2. The number of carbonyl (C=O) groups excluding carboxylic acids is 3. The second kappa shape index (κ2) is 8.53. The van der Waals surface area contributed by atoms with Gasteiger partial charge in [-0.1, -0.05) is 6.07 Å². The van der Waals surface area contributed by atoms with Gasteiger partial charge in [-0.3, -0.25) is 19.2 Å². The summed E-state index contributed by atoms with van der Waals surface area (Å²) in [6, 6.07) is 5.63. The van der Waals surface area contributed by atoms with E-state index in [0.29, 0.717) is 30.9 Å². The third kappa shape index (κ3) is 4.07. The Hall–Kier alpha value is -3.36. The van der Waals surface area contributed by atoms with Crippen LogP contribution in [0.3, 0.4) is 0 Å². The lowest BCUT2D eigenvalue weighted by Gasteiger charge is -2.41. The fourth-order valence-electron chi connectivity index (χ4n) is 4.83. The van der Waals surface area contributed by atoms with E-state index in [9.17, 15) is 14.4 Å². The zero-order valence-corrected chi connectivity index (χ0v) is 19.0. The summed E-state index contributed by atoms with van der Waals surface area (Å²) in [7, 11) is 0. The van der Waals surface area contributed by atoms with Crippen molar-refractivity contribution in [2.24, 2.45) is 0 Å². The van der Waals surface area contributed by atoms with Gasteiger partial charge in [0.2, 0.25) is 11.8 Å². The highest BCUT2D eigenvalue weighted by Crippen LogP contribution is 2.40. The first-order valence-corrected chi connectivity index (χ1v) is 11.6. The summed E-state index contributed by atoms with van der Waals surface area (Å²) >= 11 is 0. The fourth-order valence-corrected chi connectivity index (χ4v) is 4.83. The van der Waals surface area contributed by atoms with Gasteiger partial charge in [0.25, 0.3) is 0 Å². The topological polar surface area (TPSA) is 96.8 Å². The standard InChI is InChI=1S/C24H29N5O4/c1-15-13-27(24(32)33-20-4-3-5-20)22-10-17(6-7-21(22)29(15)16(2)30)18-12-26-28(14-18)19-8-9-25-23(31)11-19/h6-7,10,12,14-15,19-20H,3-5,8-9,11,13H2,1-2H3,(H,25,31)/t15-,19-/m0/s1. The van der Waals surface area contributed by atoms with Gasteiger partial charge in [0.05, 0.1) is 29.7 Å². The quantitative estimate of drug-likeness (QED) is 0.773. The monoisotopic (exact) mass is 451 g/mol. The van der Waals surface area contributed by atoms with Crippen molar-refractivity contribution in [1.29, 1.82) is 0 Å². The first kappa shape index (κ1) is 21.5. The van der Waals surface area contributed by atoms with Crippen LogP contribution in [0.5, 0.6) is 0 Å². The largest absolute Gasteiger partial charge is 0.446 e. The molecule has 1 saturated heterocycles. The Balaban J connectivity index is 1.47. The number of nitrogens with zero attached hydrogens (tertiary/aromatic N) is 4. The van der Waals surface area contributed by atoms with Gasteiger partial charge in [-0.25, -0.2) is 4.79 Å². The van der Waals surface area contributed by atoms with Crippen LogP contribution in [0.1, 0.15) is 52.0 Å². The van der Waals surface area contributed by atoms with Crippen molar-refractivity contribution in [1.82, 2.24) is 15.1 Å². The third-order valence-corrected chi connectivity index (χ3v) is 6.82. The maximum absolute atomic E-state index is 13.0. The van der Waals surface area contributed by atoms with Crippen LogP contribution in [0.2, 0.25) is 0 Å². The molecular formula is C24H29N5O4. The van der Waals surface area contributed by atoms with Crippen molar-refractivity contribution < 1.29 is 19.1 Å². The summed E-state index contributed by atoms with van der Waals surface area (Å²) < 4.78 is 7.54. The Bertz CT molecular complexity index is 1090. The molecule has 2 aromatic rings. The summed E-state index contributed by atoms with van der Waals surface area (Å²) in [6.45, 7) is 4.50. The molecule has 1 aromatic carbocycles. The number of hydrogen-bond acceptors (Lipinski definition) is 5. The van der Waals surface area contributed by atoms with E-state index in [4.69, 9.17) is 4.74 Å². The Morgan fingerprint density at radius 3 is 2.67 bits per heavy atom. The van der Waals surface area contributed by atoms with E-state index in [1.165, 1.54) is 0 Å². The molecule has 0 radical (unpaired) electrons. The lowest BCUT2D eigenvalue weighted by molar-refractivity contribution is -0.123. The van der Waals surface area contributed by atoms with E-state index in [0.717, 1.165) is 36.8 Å². The first-order valence-electron chi connectivity index (χ1n) is 11.6. The number of aromatic nitrogens is 2. The predicted octanol–water partition coefficient (Wildman–Crippen LogP) is 3.25. The van der Waals surface area contributed by atoms with E-state index in [1.54, 1.807) is 22.9 Å². The summed E-state index contributed by atoms with van der Waals surface area (Å²) in [5.41, 5.74) is 3.14. The van der Waals surface area contributed by atoms with Crippen molar-refractivity contribution in [2.45, 2.75) is 64.1 Å². The summed E-state index contributed by atoms with van der Waals surface area (Å²) in [4.78, 5) is 40.6. The van der Waals surface area contributed by atoms with Crippen LogP contribution in [0.15, 0.2) is 30.6 Å². The highest BCUT2D eigenvalue weighted by atomic mass is 16.6. The number of hydrogen-bond donors (Lipinski definition) is 1. The van der Waals surface area contributed by atoms with Gasteiger partial charge in [0.1, 0.15) is 6.10 Å². The van der Waals surface area contributed by atoms with Crippen LogP contribution in [-0.4, -0.2) is 52.9 Å². The molecule has 9 nitrogen and oxygen atoms in total. The number of piperidine rings is 1. The van der Waals surface area contributed by atoms with Crippen LogP contribution < -0.4 is 15.1 Å². The molecule has 2 atom stereocenters. The third-order valence-electron chi connectivity index (χ3n) is 6.82. The SMILES string of the molecule is CC(=O)N1c2ccc(-c3cnn([C@H]4CCNC(=O)C4)c3)cc2N(C(=O)OC2CCC2)C[C@@H]1C. The smallest absolute Gasteiger partial charge is 0.414 e. The van der Waals surface area contributed by atoms with E-state index in [-0.39, 0.29) is 36.1 Å². The Morgan fingerprint density at radius 1 is 1.15 bits per heavy atom. The van der Waals surface area contributed by atoms with E-state index in [2.05, 4.69) is 10.4 Å². The zero-order valence-electron chi connectivity index (χ0n) is 19.0. The molecule has 3 heterocycles. The highest BCUT2D eigenvalue weighted by molar-refractivity contribution is 6.03. The number of fused-ring (bicyclic) bond motifs is 1. The molecule has 1 aliphatic carbocycles. The summed E-state index contributed by atoms with van der Waals surface area (Å²) in [5.74, 6) is -0.0250. The minimum absolute atomic E-state index is 0.0174. The van der Waals surface area contributed by atoms with Gasteiger partial charge in [-0.15, -0.1) is 0 Å². The molecule has 0 unspecified atom stereocenters. The second-order valence-electron chi connectivity index (χ2n) is 9.19. The average molecular weight is 452 g/mol. The maximum Gasteiger partial charge on any atom is 0.414 e. The van der Waals surface area contributed by atoms with Gasteiger partial charge < -0.3 is 15.0 Å². The second-order valence-corrected chi connectivity index (χ2v) is 9.19. The molecule has 1 aromatic heterocycles. The Labute approximate surface area is 192 Å². The van der Waals surface area contributed by atoms with E-state index >= 15 is 0 Å². The molecule has 1 N–H and O–H groups in total. The minimum atomic E-state index is -0.364. The fraction of sp³-hybridized carbons (Fsp3) is 0.500. The normalized spacial score (nSPS) is 22.9. The Kier molecular flexibility index (Phi) is 5.55. The minimum Gasteiger partial charge on any atom is -0.446 e.